The van der Waals surface area contributed by atoms with Crippen molar-refractivity contribution in [1.29, 1.82) is 0 Å². The molecule has 2 aromatic rings. The lowest BCUT2D eigenvalue weighted by Gasteiger charge is -2.36. The second kappa shape index (κ2) is 6.75. The van der Waals surface area contributed by atoms with Gasteiger partial charge in [0.1, 0.15) is 5.82 Å². The highest BCUT2D eigenvalue weighted by Crippen LogP contribution is 2.18. The van der Waals surface area contributed by atoms with Crippen molar-refractivity contribution in [2.24, 2.45) is 0 Å². The first kappa shape index (κ1) is 14.8. The molecule has 1 saturated heterocycles. The average Bonchev–Trinajstić information content (AvgIpc) is 2.57. The topological polar surface area (TPSA) is 28.6 Å². The van der Waals surface area contributed by atoms with E-state index in [0.717, 1.165) is 38.4 Å². The summed E-state index contributed by atoms with van der Waals surface area (Å²) in [6, 6.07) is 10.7. The molecule has 5 heteroatoms. The molecule has 0 aliphatic carbocycles. The summed E-state index contributed by atoms with van der Waals surface area (Å²) in [5, 5.41) is 0. The lowest BCUT2D eigenvalue weighted by molar-refractivity contribution is 0.249. The van der Waals surface area contributed by atoms with E-state index in [1.165, 1.54) is 17.7 Å². The molecule has 116 valence electrons. The molecule has 1 fully saturated rings. The zero-order valence-electron chi connectivity index (χ0n) is 12.7. The summed E-state index contributed by atoms with van der Waals surface area (Å²) in [4.78, 5) is 8.84. The molecule has 0 unspecified atom stereocenters. The number of ether oxygens (including phenoxy) is 1. The predicted molar refractivity (Wildman–Crippen MR) is 84.7 cm³/mol. The van der Waals surface area contributed by atoms with Crippen LogP contribution in [0.25, 0.3) is 0 Å². The van der Waals surface area contributed by atoms with Crippen LogP contribution in [0.3, 0.4) is 0 Å². The van der Waals surface area contributed by atoms with E-state index in [2.05, 4.69) is 14.8 Å². The van der Waals surface area contributed by atoms with Gasteiger partial charge in [-0.15, -0.1) is 0 Å². The molecule has 1 aliphatic heterocycles. The number of anilines is 1. The van der Waals surface area contributed by atoms with Crippen LogP contribution >= 0.6 is 0 Å². The van der Waals surface area contributed by atoms with Gasteiger partial charge in [0, 0.05) is 50.7 Å². The average molecular weight is 301 g/mol. The summed E-state index contributed by atoms with van der Waals surface area (Å²) in [6.07, 6.45) is 1.78. The molecule has 1 aromatic heterocycles. The Hall–Kier alpha value is -2.14. The van der Waals surface area contributed by atoms with Gasteiger partial charge in [-0.25, -0.2) is 9.37 Å². The molecule has 0 spiro atoms. The normalized spacial score (nSPS) is 15.8. The minimum absolute atomic E-state index is 0.186. The van der Waals surface area contributed by atoms with E-state index in [1.807, 2.05) is 24.3 Å². The van der Waals surface area contributed by atoms with Gasteiger partial charge in [-0.1, -0.05) is 0 Å². The van der Waals surface area contributed by atoms with Crippen LogP contribution in [0.15, 0.2) is 42.6 Å². The Labute approximate surface area is 130 Å². The monoisotopic (exact) mass is 301 g/mol. The Morgan fingerprint density at radius 2 is 1.82 bits per heavy atom. The van der Waals surface area contributed by atoms with Gasteiger partial charge in [-0.2, -0.15) is 0 Å². The molecule has 0 atom stereocenters. The fourth-order valence-electron chi connectivity index (χ4n) is 2.73. The largest absolute Gasteiger partial charge is 0.481 e. The second-order valence-corrected chi connectivity index (χ2v) is 5.45. The quantitative estimate of drug-likeness (QED) is 0.868. The zero-order chi connectivity index (χ0) is 15.4. The van der Waals surface area contributed by atoms with E-state index in [1.54, 1.807) is 13.3 Å². The second-order valence-electron chi connectivity index (χ2n) is 5.45. The van der Waals surface area contributed by atoms with Crippen LogP contribution in [0, 0.1) is 5.82 Å². The van der Waals surface area contributed by atoms with Gasteiger partial charge in [0.25, 0.3) is 0 Å². The van der Waals surface area contributed by atoms with Gasteiger partial charge in [0.15, 0.2) is 0 Å². The smallest absolute Gasteiger partial charge is 0.213 e. The Bertz CT molecular complexity index is 610. The molecule has 1 aromatic carbocycles. The summed E-state index contributed by atoms with van der Waals surface area (Å²) in [5.41, 5.74) is 2.30. The lowest BCUT2D eigenvalue weighted by atomic mass is 10.2. The van der Waals surface area contributed by atoms with Crippen LogP contribution in [0.1, 0.15) is 5.56 Å². The number of piperazine rings is 1. The van der Waals surface area contributed by atoms with E-state index in [-0.39, 0.29) is 5.82 Å². The molecule has 0 N–H and O–H groups in total. The van der Waals surface area contributed by atoms with Crippen LogP contribution in [-0.4, -0.2) is 43.2 Å². The summed E-state index contributed by atoms with van der Waals surface area (Å²) in [7, 11) is 1.63. The van der Waals surface area contributed by atoms with Gasteiger partial charge < -0.3 is 9.64 Å². The third-order valence-electron chi connectivity index (χ3n) is 3.98. The lowest BCUT2D eigenvalue weighted by Crippen LogP contribution is -2.45. The summed E-state index contributed by atoms with van der Waals surface area (Å²) >= 11 is 0. The third kappa shape index (κ3) is 3.54. The minimum Gasteiger partial charge on any atom is -0.481 e. The van der Waals surface area contributed by atoms with Crippen LogP contribution in [-0.2, 0) is 6.54 Å². The molecule has 0 saturated carbocycles. The van der Waals surface area contributed by atoms with Gasteiger partial charge >= 0.3 is 0 Å². The fraction of sp³-hybridized carbons (Fsp3) is 0.353. The molecule has 22 heavy (non-hydrogen) atoms. The Kier molecular flexibility index (Phi) is 4.53. The number of nitrogens with zero attached hydrogens (tertiary/aromatic N) is 3. The van der Waals surface area contributed by atoms with Crippen molar-refractivity contribution in [2.75, 3.05) is 38.2 Å². The highest BCUT2D eigenvalue weighted by molar-refractivity contribution is 5.46. The van der Waals surface area contributed by atoms with E-state index >= 15 is 0 Å². The van der Waals surface area contributed by atoms with Crippen molar-refractivity contribution in [3.8, 4) is 5.88 Å². The number of pyridine rings is 1. The molecular weight excluding hydrogens is 281 g/mol. The summed E-state index contributed by atoms with van der Waals surface area (Å²) in [5.74, 6) is 0.469. The zero-order valence-corrected chi connectivity index (χ0v) is 12.7. The molecular formula is C17H20FN3O. The number of aromatic nitrogens is 1. The van der Waals surface area contributed by atoms with E-state index < -0.39 is 0 Å². The fourth-order valence-corrected chi connectivity index (χ4v) is 2.73. The Morgan fingerprint density at radius 3 is 2.50 bits per heavy atom. The van der Waals surface area contributed by atoms with Gasteiger partial charge in [0.2, 0.25) is 5.88 Å². The molecule has 2 heterocycles. The third-order valence-corrected chi connectivity index (χ3v) is 3.98. The molecule has 0 bridgehead atoms. The van der Waals surface area contributed by atoms with Crippen molar-refractivity contribution < 1.29 is 9.13 Å². The minimum atomic E-state index is -0.186. The van der Waals surface area contributed by atoms with Crippen molar-refractivity contribution >= 4 is 5.69 Å². The van der Waals surface area contributed by atoms with Crippen molar-refractivity contribution in [1.82, 2.24) is 9.88 Å². The molecule has 0 amide bonds. The van der Waals surface area contributed by atoms with E-state index in [4.69, 9.17) is 4.74 Å². The highest BCUT2D eigenvalue weighted by Gasteiger charge is 2.17. The van der Waals surface area contributed by atoms with Crippen LogP contribution < -0.4 is 9.64 Å². The van der Waals surface area contributed by atoms with Crippen LogP contribution in [0.5, 0.6) is 5.88 Å². The maximum Gasteiger partial charge on any atom is 0.213 e. The number of halogens is 1. The molecule has 3 rings (SSSR count). The number of benzene rings is 1. The number of rotatable bonds is 4. The standard InChI is InChI=1S/C17H20FN3O/c1-22-17-12-14(6-7-19-17)13-20-8-10-21(11-9-20)16-4-2-15(18)3-5-16/h2-7,12H,8-11,13H2,1H3. The van der Waals surface area contributed by atoms with Gasteiger partial charge in [-0.05, 0) is 35.9 Å². The first-order valence-electron chi connectivity index (χ1n) is 7.46. The van der Waals surface area contributed by atoms with Crippen LogP contribution in [0.2, 0.25) is 0 Å². The first-order chi connectivity index (χ1) is 10.7. The van der Waals surface area contributed by atoms with Crippen molar-refractivity contribution in [2.45, 2.75) is 6.54 Å². The number of hydrogen-bond acceptors (Lipinski definition) is 4. The summed E-state index contributed by atoms with van der Waals surface area (Å²) < 4.78 is 18.1. The highest BCUT2D eigenvalue weighted by atomic mass is 19.1. The molecule has 4 nitrogen and oxygen atoms in total. The van der Waals surface area contributed by atoms with E-state index in [9.17, 15) is 4.39 Å². The molecule has 1 aliphatic rings. The maximum atomic E-state index is 13.0. The predicted octanol–water partition coefficient (Wildman–Crippen LogP) is 2.55. The van der Waals surface area contributed by atoms with Gasteiger partial charge in [0.05, 0.1) is 7.11 Å². The first-order valence-corrected chi connectivity index (χ1v) is 7.46. The van der Waals surface area contributed by atoms with Crippen LogP contribution in [0.4, 0.5) is 10.1 Å². The maximum absolute atomic E-state index is 13.0. The Balaban J connectivity index is 1.56. The Morgan fingerprint density at radius 1 is 1.09 bits per heavy atom. The molecule has 0 radical (unpaired) electrons. The van der Waals surface area contributed by atoms with Crippen molar-refractivity contribution in [3.05, 3.63) is 54.0 Å². The van der Waals surface area contributed by atoms with E-state index in [0.29, 0.717) is 5.88 Å². The number of hydrogen-bond donors (Lipinski definition) is 0. The number of methoxy groups -OCH3 is 1. The summed E-state index contributed by atoms with van der Waals surface area (Å²) in [6.45, 7) is 4.78. The van der Waals surface area contributed by atoms with Crippen molar-refractivity contribution in [3.63, 3.8) is 0 Å². The van der Waals surface area contributed by atoms with Gasteiger partial charge in [-0.3, -0.25) is 4.90 Å². The SMILES string of the molecule is COc1cc(CN2CCN(c3ccc(F)cc3)CC2)ccn1.